The number of benzene rings is 1. The lowest BCUT2D eigenvalue weighted by Gasteiger charge is -2.18. The second-order valence-electron chi connectivity index (χ2n) is 5.48. The van der Waals surface area contributed by atoms with Crippen molar-refractivity contribution in [3.05, 3.63) is 57.8 Å². The summed E-state index contributed by atoms with van der Waals surface area (Å²) in [6, 6.07) is 9.58. The Hall–Kier alpha value is -2.21. The largest absolute Gasteiger partial charge is 0.497 e. The summed E-state index contributed by atoms with van der Waals surface area (Å²) in [5.41, 5.74) is 3.97. The molecule has 6 heteroatoms. The average molecular weight is 388 g/mol. The van der Waals surface area contributed by atoms with E-state index < -0.39 is 0 Å². The van der Waals surface area contributed by atoms with Crippen LogP contribution >= 0.6 is 15.9 Å². The fourth-order valence-electron chi connectivity index (χ4n) is 2.69. The topological polar surface area (TPSA) is 63.6 Å². The first-order valence-corrected chi connectivity index (χ1v) is 8.57. The van der Waals surface area contributed by atoms with E-state index in [0.29, 0.717) is 23.1 Å². The third-order valence-electron chi connectivity index (χ3n) is 3.95. The lowest BCUT2D eigenvalue weighted by atomic mass is 9.95. The second-order valence-corrected chi connectivity index (χ2v) is 6.29. The van der Waals surface area contributed by atoms with Crippen molar-refractivity contribution in [2.75, 3.05) is 20.2 Å². The summed E-state index contributed by atoms with van der Waals surface area (Å²) in [6.07, 6.45) is 3.19. The zero-order valence-electron chi connectivity index (χ0n) is 13.4. The Morgan fingerprint density at radius 1 is 1.33 bits per heavy atom. The quantitative estimate of drug-likeness (QED) is 0.801. The second kappa shape index (κ2) is 7.57. The summed E-state index contributed by atoms with van der Waals surface area (Å²) in [4.78, 5) is 20.8. The number of hydrogen-bond donors (Lipinski definition) is 1. The Balaban J connectivity index is 1.62. The maximum atomic E-state index is 12.1. The number of fused-ring (bicyclic) bond motifs is 1. The van der Waals surface area contributed by atoms with Gasteiger partial charge in [-0.2, -0.15) is 0 Å². The number of carbonyl (C=O) groups is 1. The number of halogens is 1. The number of rotatable bonds is 5. The molecule has 0 spiro atoms. The average Bonchev–Trinajstić information content (AvgIpc) is 2.62. The monoisotopic (exact) mass is 387 g/mol. The number of aliphatic imine (C=N–C) groups is 1. The van der Waals surface area contributed by atoms with Gasteiger partial charge in [-0.25, -0.2) is 4.98 Å². The molecule has 1 aliphatic heterocycles. The minimum Gasteiger partial charge on any atom is -0.497 e. The summed E-state index contributed by atoms with van der Waals surface area (Å²) in [5, 5.41) is 2.92. The molecule has 1 aromatic carbocycles. The summed E-state index contributed by atoms with van der Waals surface area (Å²) in [7, 11) is 1.66. The first-order chi connectivity index (χ1) is 11.7. The molecule has 0 saturated carbocycles. The highest BCUT2D eigenvalue weighted by atomic mass is 79.9. The van der Waals surface area contributed by atoms with Crippen LogP contribution in [0.15, 0.2) is 46.1 Å². The van der Waals surface area contributed by atoms with Crippen molar-refractivity contribution in [3.63, 3.8) is 0 Å². The van der Waals surface area contributed by atoms with Crippen LogP contribution in [-0.4, -0.2) is 36.8 Å². The van der Waals surface area contributed by atoms with Crippen LogP contribution in [0.1, 0.15) is 27.9 Å². The number of methoxy groups -OCH3 is 1. The van der Waals surface area contributed by atoms with Crippen molar-refractivity contribution in [2.45, 2.75) is 12.8 Å². The molecule has 0 radical (unpaired) electrons. The lowest BCUT2D eigenvalue weighted by Crippen LogP contribution is -2.27. The molecule has 1 aliphatic rings. The molecule has 0 aliphatic carbocycles. The van der Waals surface area contributed by atoms with E-state index >= 15 is 0 Å². The van der Waals surface area contributed by atoms with Crippen molar-refractivity contribution in [2.24, 2.45) is 4.99 Å². The van der Waals surface area contributed by atoms with Crippen LogP contribution in [0.2, 0.25) is 0 Å². The summed E-state index contributed by atoms with van der Waals surface area (Å²) < 4.78 is 6.01. The van der Waals surface area contributed by atoms with Gasteiger partial charge in [0.1, 0.15) is 10.4 Å². The Bertz CT molecular complexity index is 772. The summed E-state index contributed by atoms with van der Waals surface area (Å²) >= 11 is 3.26. The molecule has 3 rings (SSSR count). The molecule has 2 aromatic rings. The number of aromatic nitrogens is 1. The Labute approximate surface area is 149 Å². The Morgan fingerprint density at radius 3 is 2.96 bits per heavy atom. The van der Waals surface area contributed by atoms with Gasteiger partial charge in [0.2, 0.25) is 0 Å². The van der Waals surface area contributed by atoms with E-state index in [9.17, 15) is 4.79 Å². The first-order valence-electron chi connectivity index (χ1n) is 7.78. The summed E-state index contributed by atoms with van der Waals surface area (Å²) in [5.74, 6) is 0.700. The van der Waals surface area contributed by atoms with E-state index in [-0.39, 0.29) is 5.91 Å². The number of hydrogen-bond acceptors (Lipinski definition) is 4. The van der Waals surface area contributed by atoms with Crippen LogP contribution < -0.4 is 10.1 Å². The molecular formula is C18H18BrN3O2. The number of ether oxygens (including phenoxy) is 1. The highest BCUT2D eigenvalue weighted by molar-refractivity contribution is 9.10. The molecule has 2 heterocycles. The van der Waals surface area contributed by atoms with Crippen molar-refractivity contribution in [3.8, 4) is 5.75 Å². The van der Waals surface area contributed by atoms with Gasteiger partial charge in [0.15, 0.2) is 0 Å². The van der Waals surface area contributed by atoms with Crippen molar-refractivity contribution >= 4 is 27.5 Å². The van der Waals surface area contributed by atoms with Gasteiger partial charge in [0, 0.05) is 37.0 Å². The zero-order chi connectivity index (χ0) is 16.9. The molecule has 24 heavy (non-hydrogen) atoms. The van der Waals surface area contributed by atoms with E-state index in [1.54, 1.807) is 25.4 Å². The number of amides is 1. The summed E-state index contributed by atoms with van der Waals surface area (Å²) in [6.45, 7) is 1.32. The number of nitrogens with zero attached hydrogens (tertiary/aromatic N) is 2. The minimum atomic E-state index is -0.128. The molecule has 1 aromatic heterocycles. The van der Waals surface area contributed by atoms with Crippen molar-refractivity contribution in [1.82, 2.24) is 10.3 Å². The maximum absolute atomic E-state index is 12.1. The third-order valence-corrected chi connectivity index (χ3v) is 4.42. The van der Waals surface area contributed by atoms with Gasteiger partial charge >= 0.3 is 0 Å². The van der Waals surface area contributed by atoms with E-state index in [2.05, 4.69) is 37.3 Å². The van der Waals surface area contributed by atoms with Gasteiger partial charge < -0.3 is 10.1 Å². The highest BCUT2D eigenvalue weighted by Crippen LogP contribution is 2.23. The number of pyridine rings is 1. The molecule has 0 fully saturated rings. The van der Waals surface area contributed by atoms with Crippen molar-refractivity contribution in [1.29, 1.82) is 0 Å². The predicted octanol–water partition coefficient (Wildman–Crippen LogP) is 3.02. The van der Waals surface area contributed by atoms with Crippen LogP contribution in [0.25, 0.3) is 0 Å². The number of nitrogens with one attached hydrogen (secondary N) is 1. The SMILES string of the molecule is COc1ccc2c(c1)C(CCNC(=O)c1ccc(Br)nc1)=NCC2. The van der Waals surface area contributed by atoms with E-state index in [1.807, 2.05) is 12.1 Å². The molecular weight excluding hydrogens is 370 g/mol. The van der Waals surface area contributed by atoms with E-state index in [1.165, 1.54) is 5.56 Å². The molecule has 1 N–H and O–H groups in total. The normalized spacial score (nSPS) is 13.0. The van der Waals surface area contributed by atoms with Crippen LogP contribution in [0.3, 0.4) is 0 Å². The van der Waals surface area contributed by atoms with Gasteiger partial charge in [0.05, 0.1) is 12.7 Å². The van der Waals surface area contributed by atoms with Gasteiger partial charge in [-0.15, -0.1) is 0 Å². The smallest absolute Gasteiger partial charge is 0.252 e. The van der Waals surface area contributed by atoms with Gasteiger partial charge in [-0.1, -0.05) is 6.07 Å². The van der Waals surface area contributed by atoms with Crippen LogP contribution in [0.5, 0.6) is 5.75 Å². The van der Waals surface area contributed by atoms with Gasteiger partial charge in [0.25, 0.3) is 5.91 Å². The standard InChI is InChI=1S/C18H18BrN3O2/c1-24-14-4-2-12-6-8-20-16(15(12)10-14)7-9-21-18(23)13-3-5-17(19)22-11-13/h2-5,10-11H,6-9H2,1H3,(H,21,23). The van der Waals surface area contributed by atoms with E-state index in [4.69, 9.17) is 4.74 Å². The molecule has 0 saturated heterocycles. The Morgan fingerprint density at radius 2 is 2.21 bits per heavy atom. The fourth-order valence-corrected chi connectivity index (χ4v) is 2.92. The number of carbonyl (C=O) groups excluding carboxylic acids is 1. The predicted molar refractivity (Wildman–Crippen MR) is 97.0 cm³/mol. The minimum absolute atomic E-state index is 0.128. The molecule has 1 amide bonds. The molecule has 5 nitrogen and oxygen atoms in total. The lowest BCUT2D eigenvalue weighted by molar-refractivity contribution is 0.0954. The van der Waals surface area contributed by atoms with Crippen LogP contribution in [0.4, 0.5) is 0 Å². The first kappa shape index (κ1) is 16.6. The highest BCUT2D eigenvalue weighted by Gasteiger charge is 2.15. The molecule has 0 bridgehead atoms. The van der Waals surface area contributed by atoms with Crippen molar-refractivity contribution < 1.29 is 9.53 Å². The van der Waals surface area contributed by atoms with Gasteiger partial charge in [-0.05, 0) is 52.2 Å². The van der Waals surface area contributed by atoms with Crippen LogP contribution in [0, 0.1) is 0 Å². The van der Waals surface area contributed by atoms with E-state index in [0.717, 1.165) is 30.0 Å². The maximum Gasteiger partial charge on any atom is 0.252 e. The molecule has 0 atom stereocenters. The van der Waals surface area contributed by atoms with Gasteiger partial charge in [-0.3, -0.25) is 9.79 Å². The van der Waals surface area contributed by atoms with Crippen LogP contribution in [-0.2, 0) is 6.42 Å². The third kappa shape index (κ3) is 3.82. The molecule has 124 valence electrons. The Kier molecular flexibility index (Phi) is 5.25. The molecule has 0 unspecified atom stereocenters. The zero-order valence-corrected chi connectivity index (χ0v) is 15.0. The fraction of sp³-hybridized carbons (Fsp3) is 0.278.